The minimum absolute atomic E-state index is 0.745. The van der Waals surface area contributed by atoms with Gasteiger partial charge in [-0.15, -0.1) is 0 Å². The van der Waals surface area contributed by atoms with Gasteiger partial charge >= 0.3 is 0 Å². The molecule has 0 radical (unpaired) electrons. The van der Waals surface area contributed by atoms with Crippen LogP contribution in [0.3, 0.4) is 0 Å². The number of hydrogen-bond donors (Lipinski definition) is 1. The summed E-state index contributed by atoms with van der Waals surface area (Å²) in [4.78, 5) is 4.44. The summed E-state index contributed by atoms with van der Waals surface area (Å²) in [6, 6.07) is 11.7. The van der Waals surface area contributed by atoms with Crippen LogP contribution in [0.25, 0.3) is 16.9 Å². The van der Waals surface area contributed by atoms with Gasteiger partial charge < -0.3 is 5.73 Å². The lowest BCUT2D eigenvalue weighted by Gasteiger charge is -2.03. The summed E-state index contributed by atoms with van der Waals surface area (Å²) in [7, 11) is 0. The molecule has 84 valence electrons. The number of hydrogen-bond acceptors (Lipinski definition) is 2. The first kappa shape index (κ1) is 10.4. The van der Waals surface area contributed by atoms with Crippen molar-refractivity contribution in [2.45, 2.75) is 0 Å². The SMILES string of the molecule is Nc1cccc(-c2ncc3c(Br)cccn23)c1. The number of nitrogens with zero attached hydrogens (tertiary/aromatic N) is 2. The molecule has 3 nitrogen and oxygen atoms in total. The van der Waals surface area contributed by atoms with E-state index in [-0.39, 0.29) is 0 Å². The van der Waals surface area contributed by atoms with Gasteiger partial charge in [0, 0.05) is 21.9 Å². The van der Waals surface area contributed by atoms with Gasteiger partial charge in [0.2, 0.25) is 0 Å². The third kappa shape index (κ3) is 1.70. The first-order valence-electron chi connectivity index (χ1n) is 5.23. The second-order valence-electron chi connectivity index (χ2n) is 3.82. The van der Waals surface area contributed by atoms with Crippen molar-refractivity contribution in [3.63, 3.8) is 0 Å². The lowest BCUT2D eigenvalue weighted by molar-refractivity contribution is 1.16. The third-order valence-corrected chi connectivity index (χ3v) is 3.33. The van der Waals surface area contributed by atoms with E-state index in [1.165, 1.54) is 0 Å². The minimum atomic E-state index is 0.745. The van der Waals surface area contributed by atoms with Crippen molar-refractivity contribution in [2.24, 2.45) is 0 Å². The Bertz CT molecular complexity index is 688. The number of rotatable bonds is 1. The second kappa shape index (κ2) is 3.89. The quantitative estimate of drug-likeness (QED) is 0.698. The lowest BCUT2D eigenvalue weighted by Crippen LogP contribution is -1.91. The van der Waals surface area contributed by atoms with Gasteiger partial charge in [0.05, 0.1) is 11.7 Å². The van der Waals surface area contributed by atoms with E-state index in [2.05, 4.69) is 20.9 Å². The van der Waals surface area contributed by atoms with Crippen LogP contribution in [-0.4, -0.2) is 9.38 Å². The highest BCUT2D eigenvalue weighted by Gasteiger charge is 2.07. The van der Waals surface area contributed by atoms with Crippen molar-refractivity contribution >= 4 is 27.1 Å². The smallest absolute Gasteiger partial charge is 0.144 e. The average Bonchev–Trinajstić information content (AvgIpc) is 2.74. The van der Waals surface area contributed by atoms with Gasteiger partial charge in [-0.2, -0.15) is 0 Å². The Morgan fingerprint density at radius 2 is 2.06 bits per heavy atom. The lowest BCUT2D eigenvalue weighted by atomic mass is 10.2. The average molecular weight is 288 g/mol. The maximum atomic E-state index is 5.79. The first-order chi connectivity index (χ1) is 8.25. The third-order valence-electron chi connectivity index (χ3n) is 2.66. The Morgan fingerprint density at radius 1 is 1.18 bits per heavy atom. The molecule has 0 aliphatic heterocycles. The minimum Gasteiger partial charge on any atom is -0.399 e. The molecule has 0 bridgehead atoms. The van der Waals surface area contributed by atoms with Crippen LogP contribution in [0.15, 0.2) is 53.3 Å². The van der Waals surface area contributed by atoms with E-state index in [0.717, 1.165) is 27.1 Å². The molecule has 2 aromatic heterocycles. The molecule has 0 saturated heterocycles. The summed E-state index contributed by atoms with van der Waals surface area (Å²) in [6.45, 7) is 0. The number of aromatic nitrogens is 2. The van der Waals surface area contributed by atoms with Gasteiger partial charge in [-0.05, 0) is 40.2 Å². The van der Waals surface area contributed by atoms with Crippen LogP contribution >= 0.6 is 15.9 Å². The first-order valence-corrected chi connectivity index (χ1v) is 6.02. The number of nitrogens with two attached hydrogens (primary N) is 1. The van der Waals surface area contributed by atoms with Gasteiger partial charge in [0.25, 0.3) is 0 Å². The summed E-state index contributed by atoms with van der Waals surface area (Å²) in [6.07, 6.45) is 3.84. The fraction of sp³-hybridized carbons (Fsp3) is 0. The number of pyridine rings is 1. The zero-order valence-corrected chi connectivity index (χ0v) is 10.6. The Balaban J connectivity index is 2.28. The highest BCUT2D eigenvalue weighted by atomic mass is 79.9. The van der Waals surface area contributed by atoms with E-state index in [0.29, 0.717) is 0 Å². The number of halogens is 1. The van der Waals surface area contributed by atoms with E-state index in [9.17, 15) is 0 Å². The summed E-state index contributed by atoms with van der Waals surface area (Å²) in [5.41, 5.74) is 8.60. The molecule has 0 spiro atoms. The number of nitrogen functional groups attached to an aromatic ring is 1. The molecule has 3 aromatic rings. The van der Waals surface area contributed by atoms with Gasteiger partial charge in [0.15, 0.2) is 0 Å². The van der Waals surface area contributed by atoms with E-state index in [1.807, 2.05) is 53.2 Å². The maximum absolute atomic E-state index is 5.79. The molecule has 0 fully saturated rings. The fourth-order valence-corrected chi connectivity index (χ4v) is 2.32. The standard InChI is InChI=1S/C13H10BrN3/c14-11-5-2-6-17-12(11)8-16-13(17)9-3-1-4-10(15)7-9/h1-8H,15H2. The molecule has 0 saturated carbocycles. The van der Waals surface area contributed by atoms with Crippen LogP contribution in [0, 0.1) is 0 Å². The molecular formula is C13H10BrN3. The van der Waals surface area contributed by atoms with Crippen LogP contribution < -0.4 is 5.73 Å². The molecule has 4 heteroatoms. The zero-order valence-electron chi connectivity index (χ0n) is 8.97. The van der Waals surface area contributed by atoms with Crippen molar-refractivity contribution in [1.82, 2.24) is 9.38 Å². The monoisotopic (exact) mass is 287 g/mol. The van der Waals surface area contributed by atoms with Crippen LogP contribution in [0.4, 0.5) is 5.69 Å². The highest BCUT2D eigenvalue weighted by Crippen LogP contribution is 2.25. The highest BCUT2D eigenvalue weighted by molar-refractivity contribution is 9.10. The molecule has 0 amide bonds. The Labute approximate surface area is 107 Å². The van der Waals surface area contributed by atoms with Crippen LogP contribution in [0.5, 0.6) is 0 Å². The van der Waals surface area contributed by atoms with Crippen molar-refractivity contribution in [3.8, 4) is 11.4 Å². The molecule has 0 atom stereocenters. The van der Waals surface area contributed by atoms with E-state index in [4.69, 9.17) is 5.73 Å². The fourth-order valence-electron chi connectivity index (χ4n) is 1.88. The van der Waals surface area contributed by atoms with E-state index in [1.54, 1.807) is 0 Å². The number of benzene rings is 1. The van der Waals surface area contributed by atoms with Crippen LogP contribution in [-0.2, 0) is 0 Å². The van der Waals surface area contributed by atoms with Gasteiger partial charge in [-0.3, -0.25) is 4.40 Å². The van der Waals surface area contributed by atoms with Gasteiger partial charge in [-0.1, -0.05) is 12.1 Å². The Morgan fingerprint density at radius 3 is 2.88 bits per heavy atom. The molecule has 3 rings (SSSR count). The van der Waals surface area contributed by atoms with Crippen LogP contribution in [0.1, 0.15) is 0 Å². The zero-order chi connectivity index (χ0) is 11.8. The van der Waals surface area contributed by atoms with Crippen molar-refractivity contribution in [1.29, 1.82) is 0 Å². The largest absolute Gasteiger partial charge is 0.399 e. The van der Waals surface area contributed by atoms with Crippen molar-refractivity contribution < 1.29 is 0 Å². The van der Waals surface area contributed by atoms with Gasteiger partial charge in [0.1, 0.15) is 5.82 Å². The molecule has 17 heavy (non-hydrogen) atoms. The Hall–Kier alpha value is -1.81. The molecule has 0 aliphatic carbocycles. The van der Waals surface area contributed by atoms with E-state index >= 15 is 0 Å². The normalized spacial score (nSPS) is 10.9. The van der Waals surface area contributed by atoms with Gasteiger partial charge in [-0.25, -0.2) is 4.98 Å². The summed E-state index contributed by atoms with van der Waals surface area (Å²) < 4.78 is 3.07. The summed E-state index contributed by atoms with van der Waals surface area (Å²) in [5, 5.41) is 0. The van der Waals surface area contributed by atoms with Crippen LogP contribution in [0.2, 0.25) is 0 Å². The summed E-state index contributed by atoms with van der Waals surface area (Å²) >= 11 is 3.51. The van der Waals surface area contributed by atoms with Crippen molar-refractivity contribution in [3.05, 3.63) is 53.3 Å². The van der Waals surface area contributed by atoms with E-state index < -0.39 is 0 Å². The number of imidazole rings is 1. The summed E-state index contributed by atoms with van der Waals surface area (Å²) in [5.74, 6) is 0.897. The maximum Gasteiger partial charge on any atom is 0.144 e. The predicted molar refractivity (Wildman–Crippen MR) is 72.7 cm³/mol. The molecule has 2 heterocycles. The molecule has 0 unspecified atom stereocenters. The van der Waals surface area contributed by atoms with Crippen molar-refractivity contribution in [2.75, 3.05) is 5.73 Å². The molecule has 0 aliphatic rings. The molecular weight excluding hydrogens is 278 g/mol. The molecule has 2 N–H and O–H groups in total. The topological polar surface area (TPSA) is 43.3 Å². The predicted octanol–water partition coefficient (Wildman–Crippen LogP) is 3.35. The number of fused-ring (bicyclic) bond motifs is 1. The Kier molecular flexibility index (Phi) is 2.37. The second-order valence-corrected chi connectivity index (χ2v) is 4.67. The molecule has 1 aromatic carbocycles. The number of anilines is 1.